The molecule has 3 aliphatic rings. The largest absolute Gasteiger partial charge is 0.459 e. The number of carbonyl (C=O) groups is 5. The third kappa shape index (κ3) is 10.9. The van der Waals surface area contributed by atoms with Gasteiger partial charge in [-0.25, -0.2) is 25.0 Å². The summed E-state index contributed by atoms with van der Waals surface area (Å²) < 4.78 is 6.91. The molecule has 0 saturated carbocycles. The van der Waals surface area contributed by atoms with Crippen LogP contribution in [0.1, 0.15) is 76.5 Å². The van der Waals surface area contributed by atoms with Gasteiger partial charge in [-0.05, 0) is 62.5 Å². The minimum atomic E-state index is -1.28. The number of carbonyl (C=O) groups excluding carboxylic acids is 5. The van der Waals surface area contributed by atoms with Crippen LogP contribution in [0.15, 0.2) is 66.2 Å². The fraction of sp³-hybridized carbons (Fsp3) is 0.488. The first-order chi connectivity index (χ1) is 30.3. The van der Waals surface area contributed by atoms with Crippen LogP contribution in [0, 0.1) is 26.1 Å². The summed E-state index contributed by atoms with van der Waals surface area (Å²) in [6, 6.07) is 7.11. The molecule has 3 aromatic rings. The highest BCUT2D eigenvalue weighted by molar-refractivity contribution is 5.96. The van der Waals surface area contributed by atoms with E-state index in [0.717, 1.165) is 22.7 Å². The Morgan fingerprint density at radius 3 is 2.40 bits per heavy atom. The van der Waals surface area contributed by atoms with Gasteiger partial charge in [0.1, 0.15) is 42.8 Å². The number of anilines is 1. The van der Waals surface area contributed by atoms with Crippen molar-refractivity contribution in [1.29, 1.82) is 0 Å². The number of nitro groups is 2. The van der Waals surface area contributed by atoms with Crippen molar-refractivity contribution < 1.29 is 38.6 Å². The van der Waals surface area contributed by atoms with Gasteiger partial charge < -0.3 is 25.6 Å². The molecule has 6 atom stereocenters. The van der Waals surface area contributed by atoms with Crippen LogP contribution in [0.4, 0.5) is 17.1 Å². The lowest BCUT2D eigenvalue weighted by Crippen LogP contribution is -2.61. The molecule has 4 heterocycles. The average molecular weight is 873 g/mol. The number of piperidine rings is 1. The minimum absolute atomic E-state index is 0.00428. The van der Waals surface area contributed by atoms with Gasteiger partial charge in [0.25, 0.3) is 11.6 Å². The number of likely N-dealkylation sites (tertiary alicyclic amines) is 2. The number of nitro benzene ring substituents is 2. The molecule has 0 spiro atoms. The lowest BCUT2D eigenvalue weighted by Gasteiger charge is -2.40. The summed E-state index contributed by atoms with van der Waals surface area (Å²) in [6.07, 6.45) is 7.86. The average Bonchev–Trinajstić information content (AvgIpc) is 3.99. The zero-order chi connectivity index (χ0) is 45.2. The minimum Gasteiger partial charge on any atom is -0.459 e. The van der Waals surface area contributed by atoms with E-state index in [1.807, 2.05) is 44.2 Å². The van der Waals surface area contributed by atoms with Crippen LogP contribution in [0.2, 0.25) is 0 Å². The molecule has 1 aromatic heterocycles. The number of aromatic nitrogens is 2. The molecule has 0 bridgehead atoms. The highest BCUT2D eigenvalue weighted by atomic mass is 16.6. The molecule has 2 aromatic carbocycles. The van der Waals surface area contributed by atoms with E-state index in [4.69, 9.17) is 10.5 Å². The molecule has 63 heavy (non-hydrogen) atoms. The summed E-state index contributed by atoms with van der Waals surface area (Å²) in [7, 11) is 0. The second-order valence-electron chi connectivity index (χ2n) is 15.8. The topological polar surface area (TPSA) is 283 Å². The molecule has 6 rings (SSSR count). The van der Waals surface area contributed by atoms with Crippen LogP contribution in [-0.2, 0) is 41.7 Å². The van der Waals surface area contributed by atoms with Gasteiger partial charge in [-0.3, -0.25) is 44.8 Å². The van der Waals surface area contributed by atoms with E-state index in [1.54, 1.807) is 6.21 Å². The van der Waals surface area contributed by atoms with Crippen LogP contribution in [0.5, 0.6) is 0 Å². The van der Waals surface area contributed by atoms with E-state index in [-0.39, 0.29) is 56.3 Å². The Labute approximate surface area is 362 Å². The standard InChI is InChI=1S/C41H52N12O10/c1-3-26(2)36(42)40(57)51-33(14-9-18-44-51)39(56)49-19-8-7-13-32(49)37(54)45-31(38(55)50-20-10-15-34(50)41(58)63-24-27-11-5-4-6-12-27)21-28-23-48(25-43-28)47-46-30-17-16-29(52(59)60)22-35(30)53(61)62/h4-6,11-12,16-18,22-23,25-26,31-34,36,46-47H,3,7-10,13-15,19-21,24,42H2,1-2H3,(H,45,54)/t26?,31-,32+,33-,34+,36+/m1/s1. The zero-order valence-corrected chi connectivity index (χ0v) is 35.0. The second-order valence-corrected chi connectivity index (χ2v) is 15.8. The number of nitrogens with two attached hydrogens (primary N) is 1. The molecule has 0 aliphatic carbocycles. The lowest BCUT2D eigenvalue weighted by molar-refractivity contribution is -0.393. The predicted molar refractivity (Wildman–Crippen MR) is 227 cm³/mol. The van der Waals surface area contributed by atoms with Gasteiger partial charge in [-0.2, -0.15) is 5.10 Å². The number of hydrazone groups is 1. The van der Waals surface area contributed by atoms with Crippen molar-refractivity contribution in [3.63, 3.8) is 0 Å². The molecule has 22 nitrogen and oxygen atoms in total. The lowest BCUT2D eigenvalue weighted by atomic mass is 9.96. The first-order valence-corrected chi connectivity index (χ1v) is 21.0. The number of nitrogens with one attached hydrogen (secondary N) is 3. The number of hydrogen-bond donors (Lipinski definition) is 4. The molecule has 0 radical (unpaired) electrons. The van der Waals surface area contributed by atoms with Gasteiger partial charge in [-0.1, -0.05) is 50.6 Å². The molecule has 1 unspecified atom stereocenters. The number of benzene rings is 2. The third-order valence-electron chi connectivity index (χ3n) is 11.6. The Morgan fingerprint density at radius 1 is 0.921 bits per heavy atom. The van der Waals surface area contributed by atoms with E-state index in [2.05, 4.69) is 26.4 Å². The molecule has 2 saturated heterocycles. The highest BCUT2D eigenvalue weighted by Gasteiger charge is 2.44. The Morgan fingerprint density at radius 2 is 1.67 bits per heavy atom. The molecule has 3 aliphatic heterocycles. The van der Waals surface area contributed by atoms with Crippen molar-refractivity contribution in [3.8, 4) is 0 Å². The smallest absolute Gasteiger partial charge is 0.329 e. The molecule has 4 amide bonds. The maximum absolute atomic E-state index is 14.6. The maximum atomic E-state index is 14.6. The monoisotopic (exact) mass is 872 g/mol. The van der Waals surface area contributed by atoms with Crippen molar-refractivity contribution >= 4 is 52.9 Å². The van der Waals surface area contributed by atoms with E-state index in [1.165, 1.54) is 33.1 Å². The maximum Gasteiger partial charge on any atom is 0.329 e. The van der Waals surface area contributed by atoms with Crippen molar-refractivity contribution in [2.45, 2.75) is 108 Å². The number of esters is 1. The molecule has 336 valence electrons. The quantitative estimate of drug-likeness (QED) is 0.0863. The summed E-state index contributed by atoms with van der Waals surface area (Å²) in [5.74, 6) is -2.88. The number of amides is 4. The van der Waals surface area contributed by atoms with Crippen LogP contribution in [0.25, 0.3) is 0 Å². The van der Waals surface area contributed by atoms with E-state index >= 15 is 0 Å². The summed E-state index contributed by atoms with van der Waals surface area (Å²) in [5, 5.41) is 31.1. The van der Waals surface area contributed by atoms with Crippen LogP contribution < -0.4 is 22.0 Å². The van der Waals surface area contributed by atoms with E-state index in [0.29, 0.717) is 38.5 Å². The number of non-ortho nitro benzene ring substituents is 1. The number of imidazole rings is 1. The van der Waals surface area contributed by atoms with Crippen LogP contribution >= 0.6 is 0 Å². The van der Waals surface area contributed by atoms with E-state index < -0.39 is 81.0 Å². The first kappa shape index (κ1) is 45.6. The number of nitrogens with zero attached hydrogens (tertiary/aromatic N) is 8. The Hall–Kier alpha value is -6.97. The number of rotatable bonds is 17. The van der Waals surface area contributed by atoms with Crippen molar-refractivity contribution in [2.24, 2.45) is 16.8 Å². The van der Waals surface area contributed by atoms with Gasteiger partial charge in [0.05, 0.1) is 33.8 Å². The van der Waals surface area contributed by atoms with Crippen molar-refractivity contribution in [1.82, 2.24) is 29.8 Å². The van der Waals surface area contributed by atoms with Crippen LogP contribution in [0.3, 0.4) is 0 Å². The highest BCUT2D eigenvalue weighted by Crippen LogP contribution is 2.29. The van der Waals surface area contributed by atoms with Crippen molar-refractivity contribution in [3.05, 3.63) is 92.5 Å². The molecule has 2 fully saturated rings. The van der Waals surface area contributed by atoms with Gasteiger partial charge in [0.2, 0.25) is 17.7 Å². The summed E-state index contributed by atoms with van der Waals surface area (Å²) in [4.78, 5) is 98.8. The second kappa shape index (κ2) is 20.7. The Balaban J connectivity index is 1.22. The van der Waals surface area contributed by atoms with Gasteiger partial charge in [0.15, 0.2) is 0 Å². The first-order valence-electron chi connectivity index (χ1n) is 21.0. The Bertz CT molecular complexity index is 2200. The summed E-state index contributed by atoms with van der Waals surface area (Å²) >= 11 is 0. The van der Waals surface area contributed by atoms with Gasteiger partial charge in [-0.15, -0.1) is 0 Å². The van der Waals surface area contributed by atoms with Crippen molar-refractivity contribution in [2.75, 3.05) is 24.1 Å². The molecular formula is C41H52N12O10. The van der Waals surface area contributed by atoms with Gasteiger partial charge >= 0.3 is 11.7 Å². The zero-order valence-electron chi connectivity index (χ0n) is 35.0. The van der Waals surface area contributed by atoms with Gasteiger partial charge in [0, 0.05) is 31.8 Å². The fourth-order valence-corrected chi connectivity index (χ4v) is 7.85. The molecule has 5 N–H and O–H groups in total. The molecular weight excluding hydrogens is 821 g/mol. The summed E-state index contributed by atoms with van der Waals surface area (Å²) in [5.41, 5.74) is 11.6. The van der Waals surface area contributed by atoms with Crippen LogP contribution in [-0.4, -0.2) is 113 Å². The molecule has 22 heteroatoms. The van der Waals surface area contributed by atoms with E-state index in [9.17, 15) is 44.2 Å². The predicted octanol–water partition coefficient (Wildman–Crippen LogP) is 2.76. The fourth-order valence-electron chi connectivity index (χ4n) is 7.85. The third-order valence-corrected chi connectivity index (χ3v) is 11.6. The normalized spacial score (nSPS) is 20.0. The SMILES string of the molecule is CCC(C)[C@H](N)C(=O)N1N=CCC[C@@H]1C(=O)N1CCCC[C@H]1C(=O)N[C@H](Cc1cn(NNc2ccc([N+](=O)[O-])cc2[N+](=O)[O-])cn1)C(=O)N1CCC[C@H]1C(=O)OCc1ccccc1. The Kier molecular flexibility index (Phi) is 15.0. The summed E-state index contributed by atoms with van der Waals surface area (Å²) in [6.45, 7) is 4.21. The number of hydrogen-bond acceptors (Lipinski definition) is 15. The number of hydrazine groups is 1. The number of ether oxygens (including phenoxy) is 1.